The molecule has 4 heteroatoms. The fourth-order valence-electron chi connectivity index (χ4n) is 2.17. The Hall–Kier alpha value is -1.55. The second-order valence-corrected chi connectivity index (χ2v) is 5.80. The number of aromatic nitrogens is 1. The molecule has 0 aliphatic heterocycles. The van der Waals surface area contributed by atoms with Crippen molar-refractivity contribution in [3.63, 3.8) is 0 Å². The molecule has 0 radical (unpaired) electrons. The number of nitrogens with zero attached hydrogens (tertiary/aromatic N) is 2. The maximum absolute atomic E-state index is 5.94. The number of hydrogen-bond acceptors (Lipinski definition) is 3. The normalized spacial score (nSPS) is 10.6. The van der Waals surface area contributed by atoms with Crippen LogP contribution in [0.3, 0.4) is 0 Å². The number of hydrogen-bond donors (Lipinski definition) is 1. The molecule has 20 heavy (non-hydrogen) atoms. The molecule has 0 saturated heterocycles. The molecule has 2 rings (SSSR count). The van der Waals surface area contributed by atoms with Gasteiger partial charge in [0.25, 0.3) is 0 Å². The molecule has 1 aromatic carbocycles. The summed E-state index contributed by atoms with van der Waals surface area (Å²) in [5, 5.41) is 0. The Kier molecular flexibility index (Phi) is 4.65. The van der Waals surface area contributed by atoms with E-state index in [1.807, 2.05) is 26.0 Å². The summed E-state index contributed by atoms with van der Waals surface area (Å²) < 4.78 is 1.02. The number of nitrogen functional groups attached to an aromatic ring is 1. The monoisotopic (exact) mass is 333 g/mol. The van der Waals surface area contributed by atoms with E-state index in [4.69, 9.17) is 5.73 Å². The van der Waals surface area contributed by atoms with Gasteiger partial charge in [-0.3, -0.25) is 4.98 Å². The average molecular weight is 334 g/mol. The second-order valence-electron chi connectivity index (χ2n) is 4.94. The van der Waals surface area contributed by atoms with Gasteiger partial charge >= 0.3 is 0 Å². The maximum Gasteiger partial charge on any atom is 0.0602 e. The number of rotatable bonds is 4. The molecule has 1 heterocycles. The third-order valence-corrected chi connectivity index (χ3v) is 3.99. The van der Waals surface area contributed by atoms with Crippen molar-refractivity contribution in [2.75, 3.05) is 17.2 Å². The molecule has 0 amide bonds. The number of aryl methyl sites for hydroxylation is 2. The molecular formula is C16H20BrN3. The van der Waals surface area contributed by atoms with Crippen molar-refractivity contribution in [1.82, 2.24) is 4.98 Å². The summed E-state index contributed by atoms with van der Waals surface area (Å²) in [6, 6.07) is 10.2. The first-order chi connectivity index (χ1) is 9.51. The molecule has 1 aromatic heterocycles. The summed E-state index contributed by atoms with van der Waals surface area (Å²) in [5.41, 5.74) is 11.1. The van der Waals surface area contributed by atoms with Gasteiger partial charge in [-0.1, -0.05) is 6.07 Å². The number of anilines is 2. The van der Waals surface area contributed by atoms with Crippen LogP contribution in [0.4, 0.5) is 11.4 Å². The molecule has 3 nitrogen and oxygen atoms in total. The van der Waals surface area contributed by atoms with Gasteiger partial charge < -0.3 is 10.6 Å². The third kappa shape index (κ3) is 3.31. The number of nitrogens with two attached hydrogens (primary N) is 1. The van der Waals surface area contributed by atoms with Crippen LogP contribution in [0.1, 0.15) is 23.9 Å². The van der Waals surface area contributed by atoms with Gasteiger partial charge in [-0.05, 0) is 66.5 Å². The first-order valence-electron chi connectivity index (χ1n) is 6.74. The molecule has 2 N–H and O–H groups in total. The Labute approximate surface area is 129 Å². The summed E-state index contributed by atoms with van der Waals surface area (Å²) in [7, 11) is 0. The highest BCUT2D eigenvalue weighted by Gasteiger charge is 2.11. The van der Waals surface area contributed by atoms with Gasteiger partial charge in [0.05, 0.1) is 17.9 Å². The molecule has 106 valence electrons. The highest BCUT2D eigenvalue weighted by molar-refractivity contribution is 9.10. The van der Waals surface area contributed by atoms with E-state index >= 15 is 0 Å². The van der Waals surface area contributed by atoms with Gasteiger partial charge in [-0.2, -0.15) is 0 Å². The average Bonchev–Trinajstić information content (AvgIpc) is 2.40. The number of pyridine rings is 1. The summed E-state index contributed by atoms with van der Waals surface area (Å²) in [6.07, 6.45) is 0. The predicted molar refractivity (Wildman–Crippen MR) is 89.0 cm³/mol. The van der Waals surface area contributed by atoms with E-state index in [1.165, 1.54) is 0 Å². The lowest BCUT2D eigenvalue weighted by atomic mass is 10.1. The lowest BCUT2D eigenvalue weighted by Crippen LogP contribution is -2.23. The molecular weight excluding hydrogens is 314 g/mol. The minimum absolute atomic E-state index is 0.792. The summed E-state index contributed by atoms with van der Waals surface area (Å²) in [4.78, 5) is 6.86. The Bertz CT molecular complexity index is 611. The van der Waals surface area contributed by atoms with Crippen LogP contribution in [0.2, 0.25) is 0 Å². The van der Waals surface area contributed by atoms with Crippen molar-refractivity contribution >= 4 is 27.3 Å². The molecule has 0 aliphatic rings. The van der Waals surface area contributed by atoms with Crippen LogP contribution in [0.5, 0.6) is 0 Å². The van der Waals surface area contributed by atoms with Gasteiger partial charge in [-0.25, -0.2) is 0 Å². The van der Waals surface area contributed by atoms with Gasteiger partial charge in [0.15, 0.2) is 0 Å². The van der Waals surface area contributed by atoms with Crippen LogP contribution in [-0.2, 0) is 6.54 Å². The lowest BCUT2D eigenvalue weighted by Gasteiger charge is -2.25. The summed E-state index contributed by atoms with van der Waals surface area (Å²) in [6.45, 7) is 7.90. The van der Waals surface area contributed by atoms with Crippen molar-refractivity contribution in [1.29, 1.82) is 0 Å². The van der Waals surface area contributed by atoms with Gasteiger partial charge in [0, 0.05) is 22.4 Å². The van der Waals surface area contributed by atoms with Crippen molar-refractivity contribution in [3.8, 4) is 0 Å². The SMILES string of the molecule is CCN(Cc1cccc(C)n1)c1cc(C)c(N)cc1Br. The van der Waals surface area contributed by atoms with E-state index < -0.39 is 0 Å². The Morgan fingerprint density at radius 2 is 2.00 bits per heavy atom. The predicted octanol–water partition coefficient (Wildman–Crippen LogP) is 4.07. The Balaban J connectivity index is 2.31. The molecule has 0 spiro atoms. The van der Waals surface area contributed by atoms with Crippen LogP contribution in [-0.4, -0.2) is 11.5 Å². The van der Waals surface area contributed by atoms with Crippen LogP contribution >= 0.6 is 15.9 Å². The van der Waals surface area contributed by atoms with E-state index in [9.17, 15) is 0 Å². The zero-order valence-corrected chi connectivity index (χ0v) is 13.7. The van der Waals surface area contributed by atoms with E-state index in [-0.39, 0.29) is 0 Å². The van der Waals surface area contributed by atoms with Crippen LogP contribution < -0.4 is 10.6 Å². The minimum Gasteiger partial charge on any atom is -0.398 e. The Morgan fingerprint density at radius 1 is 1.25 bits per heavy atom. The van der Waals surface area contributed by atoms with E-state index in [2.05, 4.69) is 50.9 Å². The molecule has 0 atom stereocenters. The van der Waals surface area contributed by atoms with Gasteiger partial charge in [0.1, 0.15) is 0 Å². The fraction of sp³-hybridized carbons (Fsp3) is 0.312. The van der Waals surface area contributed by atoms with Crippen molar-refractivity contribution < 1.29 is 0 Å². The zero-order valence-electron chi connectivity index (χ0n) is 12.2. The first-order valence-corrected chi connectivity index (χ1v) is 7.53. The third-order valence-electron chi connectivity index (χ3n) is 3.36. The lowest BCUT2D eigenvalue weighted by molar-refractivity contribution is 0.803. The Morgan fingerprint density at radius 3 is 2.65 bits per heavy atom. The van der Waals surface area contributed by atoms with E-state index in [0.29, 0.717) is 0 Å². The van der Waals surface area contributed by atoms with E-state index in [0.717, 1.165) is 45.9 Å². The van der Waals surface area contributed by atoms with Gasteiger partial charge in [-0.15, -0.1) is 0 Å². The first kappa shape index (κ1) is 14.9. The largest absolute Gasteiger partial charge is 0.398 e. The molecule has 0 aliphatic carbocycles. The van der Waals surface area contributed by atoms with Crippen LogP contribution in [0.15, 0.2) is 34.8 Å². The fourth-order valence-corrected chi connectivity index (χ4v) is 2.79. The highest BCUT2D eigenvalue weighted by atomic mass is 79.9. The summed E-state index contributed by atoms with van der Waals surface area (Å²) in [5.74, 6) is 0. The number of halogens is 1. The standard InChI is InChI=1S/C16H20BrN3/c1-4-20(10-13-7-5-6-12(3)19-13)16-8-11(2)15(18)9-14(16)17/h5-9H,4,10,18H2,1-3H3. The van der Waals surface area contributed by atoms with E-state index in [1.54, 1.807) is 0 Å². The maximum atomic E-state index is 5.94. The summed E-state index contributed by atoms with van der Waals surface area (Å²) >= 11 is 3.61. The number of benzene rings is 1. The van der Waals surface area contributed by atoms with Gasteiger partial charge in [0.2, 0.25) is 0 Å². The molecule has 0 bridgehead atoms. The molecule has 2 aromatic rings. The molecule has 0 fully saturated rings. The minimum atomic E-state index is 0.792. The zero-order chi connectivity index (χ0) is 14.7. The van der Waals surface area contributed by atoms with Crippen LogP contribution in [0, 0.1) is 13.8 Å². The second kappa shape index (κ2) is 6.27. The van der Waals surface area contributed by atoms with Crippen LogP contribution in [0.25, 0.3) is 0 Å². The van der Waals surface area contributed by atoms with Crippen molar-refractivity contribution in [2.45, 2.75) is 27.3 Å². The quantitative estimate of drug-likeness (QED) is 0.857. The smallest absolute Gasteiger partial charge is 0.0602 e. The molecule has 0 unspecified atom stereocenters. The highest BCUT2D eigenvalue weighted by Crippen LogP contribution is 2.31. The van der Waals surface area contributed by atoms with Crippen molar-refractivity contribution in [3.05, 3.63) is 51.8 Å². The topological polar surface area (TPSA) is 42.2 Å². The van der Waals surface area contributed by atoms with Crippen molar-refractivity contribution in [2.24, 2.45) is 0 Å². The molecule has 0 saturated carbocycles.